The van der Waals surface area contributed by atoms with Gasteiger partial charge in [0.1, 0.15) is 6.10 Å². The van der Waals surface area contributed by atoms with E-state index in [1.54, 1.807) is 6.20 Å². The Kier molecular flexibility index (Phi) is 5.43. The highest BCUT2D eigenvalue weighted by Crippen LogP contribution is 2.20. The molecule has 0 spiro atoms. The van der Waals surface area contributed by atoms with E-state index in [1.807, 2.05) is 51.7 Å². The first-order valence-corrected chi connectivity index (χ1v) is 10.0. The van der Waals surface area contributed by atoms with E-state index in [1.165, 1.54) is 0 Å². The summed E-state index contributed by atoms with van der Waals surface area (Å²) in [7, 11) is 0. The lowest BCUT2D eigenvalue weighted by atomic mass is 10.1. The van der Waals surface area contributed by atoms with Gasteiger partial charge in [-0.25, -0.2) is 4.68 Å². The summed E-state index contributed by atoms with van der Waals surface area (Å²) in [4.78, 5) is 29.2. The average molecular weight is 382 g/mol. The third-order valence-electron chi connectivity index (χ3n) is 5.52. The maximum atomic E-state index is 13.1. The molecule has 4 rings (SSSR count). The molecule has 0 N–H and O–H groups in total. The Morgan fingerprint density at radius 1 is 1.11 bits per heavy atom. The van der Waals surface area contributed by atoms with Crippen LogP contribution in [-0.4, -0.2) is 70.3 Å². The third kappa shape index (κ3) is 3.54. The summed E-state index contributed by atoms with van der Waals surface area (Å²) in [5.74, 6) is 0.0546. The summed E-state index contributed by atoms with van der Waals surface area (Å²) < 4.78 is 7.34. The first kappa shape index (κ1) is 18.7. The van der Waals surface area contributed by atoms with Crippen molar-refractivity contribution in [3.05, 3.63) is 47.8 Å². The molecule has 28 heavy (non-hydrogen) atoms. The molecule has 2 aliphatic rings. The van der Waals surface area contributed by atoms with Gasteiger partial charge in [0.05, 0.1) is 23.1 Å². The Labute approximate surface area is 164 Å². The molecule has 0 aliphatic carbocycles. The molecule has 2 fully saturated rings. The predicted octanol–water partition coefficient (Wildman–Crippen LogP) is 1.90. The van der Waals surface area contributed by atoms with Gasteiger partial charge < -0.3 is 14.5 Å². The molecule has 2 amide bonds. The van der Waals surface area contributed by atoms with Crippen LogP contribution < -0.4 is 0 Å². The average Bonchev–Trinajstić information content (AvgIpc) is 3.43. The summed E-state index contributed by atoms with van der Waals surface area (Å²) in [6.45, 7) is 4.89. The summed E-state index contributed by atoms with van der Waals surface area (Å²) in [5.41, 5.74) is 2.50. The van der Waals surface area contributed by atoms with Crippen LogP contribution in [0.15, 0.2) is 36.5 Å². The maximum absolute atomic E-state index is 13.1. The molecule has 1 aromatic carbocycles. The number of benzene rings is 1. The first-order valence-electron chi connectivity index (χ1n) is 10.0. The summed E-state index contributed by atoms with van der Waals surface area (Å²) in [6, 6.07) is 9.85. The normalized spacial score (nSPS) is 19.8. The monoisotopic (exact) mass is 382 g/mol. The molecular formula is C21H26N4O3. The number of hydrogen-bond donors (Lipinski definition) is 0. The van der Waals surface area contributed by atoms with Gasteiger partial charge in [-0.2, -0.15) is 5.10 Å². The van der Waals surface area contributed by atoms with E-state index in [9.17, 15) is 9.59 Å². The largest absolute Gasteiger partial charge is 0.368 e. The van der Waals surface area contributed by atoms with Crippen molar-refractivity contribution in [3.63, 3.8) is 0 Å². The summed E-state index contributed by atoms with van der Waals surface area (Å²) >= 11 is 0. The highest BCUT2D eigenvalue weighted by molar-refractivity contribution is 5.95. The molecule has 148 valence electrons. The van der Waals surface area contributed by atoms with Crippen LogP contribution >= 0.6 is 0 Å². The van der Waals surface area contributed by atoms with Crippen molar-refractivity contribution in [1.29, 1.82) is 0 Å². The van der Waals surface area contributed by atoms with Crippen LogP contribution in [-0.2, 0) is 16.0 Å². The molecule has 7 heteroatoms. The van der Waals surface area contributed by atoms with Gasteiger partial charge in [-0.15, -0.1) is 0 Å². The zero-order valence-electron chi connectivity index (χ0n) is 16.2. The molecule has 0 saturated carbocycles. The number of carbonyl (C=O) groups is 2. The van der Waals surface area contributed by atoms with Crippen LogP contribution in [0.3, 0.4) is 0 Å². The molecule has 0 bridgehead atoms. The van der Waals surface area contributed by atoms with E-state index >= 15 is 0 Å². The minimum Gasteiger partial charge on any atom is -0.368 e. The molecular weight excluding hydrogens is 356 g/mol. The number of amides is 2. The van der Waals surface area contributed by atoms with Crippen molar-refractivity contribution in [1.82, 2.24) is 19.6 Å². The fourth-order valence-corrected chi connectivity index (χ4v) is 3.96. The zero-order chi connectivity index (χ0) is 19.5. The number of hydrogen-bond acceptors (Lipinski definition) is 4. The topological polar surface area (TPSA) is 67.7 Å². The number of para-hydroxylation sites is 1. The SMILES string of the molecule is CCc1c(C(=O)N2CCN(C(=O)C3CCCO3)CC2)cnn1-c1ccccc1. The van der Waals surface area contributed by atoms with Gasteiger partial charge >= 0.3 is 0 Å². The molecule has 3 heterocycles. The summed E-state index contributed by atoms with van der Waals surface area (Å²) in [5, 5.41) is 4.46. The Bertz CT molecular complexity index is 835. The highest BCUT2D eigenvalue weighted by Gasteiger charge is 2.32. The molecule has 7 nitrogen and oxygen atoms in total. The Morgan fingerprint density at radius 3 is 2.46 bits per heavy atom. The number of piperazine rings is 1. The fourth-order valence-electron chi connectivity index (χ4n) is 3.96. The smallest absolute Gasteiger partial charge is 0.257 e. The molecule has 0 radical (unpaired) electrons. The van der Waals surface area contributed by atoms with E-state index in [2.05, 4.69) is 5.10 Å². The number of carbonyl (C=O) groups excluding carboxylic acids is 2. The second kappa shape index (κ2) is 8.14. The third-order valence-corrected chi connectivity index (χ3v) is 5.52. The lowest BCUT2D eigenvalue weighted by molar-refractivity contribution is -0.142. The van der Waals surface area contributed by atoms with Gasteiger partial charge in [0, 0.05) is 32.8 Å². The van der Waals surface area contributed by atoms with Gasteiger partial charge in [-0.1, -0.05) is 25.1 Å². The van der Waals surface area contributed by atoms with Crippen LogP contribution in [0.4, 0.5) is 0 Å². The minimum absolute atomic E-state index is 0.0109. The van der Waals surface area contributed by atoms with Gasteiger partial charge in [0.25, 0.3) is 11.8 Å². The minimum atomic E-state index is -0.293. The number of rotatable bonds is 4. The highest BCUT2D eigenvalue weighted by atomic mass is 16.5. The second-order valence-electron chi connectivity index (χ2n) is 7.22. The van der Waals surface area contributed by atoms with Crippen LogP contribution in [0.5, 0.6) is 0 Å². The lowest BCUT2D eigenvalue weighted by Crippen LogP contribution is -2.52. The van der Waals surface area contributed by atoms with Gasteiger partial charge in [0.2, 0.25) is 0 Å². The first-order chi connectivity index (χ1) is 13.7. The quantitative estimate of drug-likeness (QED) is 0.810. The van der Waals surface area contributed by atoms with Crippen molar-refractivity contribution in [3.8, 4) is 5.69 Å². The predicted molar refractivity (Wildman–Crippen MR) is 104 cm³/mol. The lowest BCUT2D eigenvalue weighted by Gasteiger charge is -2.35. The van der Waals surface area contributed by atoms with E-state index in [0.29, 0.717) is 44.8 Å². The van der Waals surface area contributed by atoms with Gasteiger partial charge in [-0.05, 0) is 31.4 Å². The van der Waals surface area contributed by atoms with Crippen molar-refractivity contribution in [2.75, 3.05) is 32.8 Å². The standard InChI is InChI=1S/C21H26N4O3/c1-2-18-17(15-22-25(18)16-7-4-3-5-8-16)20(26)23-10-12-24(13-11-23)21(27)19-9-6-14-28-19/h3-5,7-8,15,19H,2,6,9-14H2,1H3. The van der Waals surface area contributed by atoms with Gasteiger partial charge in [0.15, 0.2) is 0 Å². The Morgan fingerprint density at radius 2 is 1.82 bits per heavy atom. The van der Waals surface area contributed by atoms with E-state index in [0.717, 1.165) is 24.2 Å². The van der Waals surface area contributed by atoms with Crippen molar-refractivity contribution >= 4 is 11.8 Å². The van der Waals surface area contributed by atoms with E-state index < -0.39 is 0 Å². The van der Waals surface area contributed by atoms with Crippen molar-refractivity contribution < 1.29 is 14.3 Å². The number of nitrogens with zero attached hydrogens (tertiary/aromatic N) is 4. The van der Waals surface area contributed by atoms with E-state index in [-0.39, 0.29) is 17.9 Å². The molecule has 1 aromatic heterocycles. The fraction of sp³-hybridized carbons (Fsp3) is 0.476. The summed E-state index contributed by atoms with van der Waals surface area (Å²) in [6.07, 6.45) is 3.83. The van der Waals surface area contributed by atoms with Crippen LogP contribution in [0.1, 0.15) is 35.8 Å². The molecule has 1 unspecified atom stereocenters. The molecule has 2 saturated heterocycles. The van der Waals surface area contributed by atoms with Crippen LogP contribution in [0, 0.1) is 0 Å². The molecule has 2 aromatic rings. The van der Waals surface area contributed by atoms with Crippen molar-refractivity contribution in [2.45, 2.75) is 32.3 Å². The van der Waals surface area contributed by atoms with Crippen molar-refractivity contribution in [2.24, 2.45) is 0 Å². The Hall–Kier alpha value is -2.67. The van der Waals surface area contributed by atoms with Crippen LogP contribution in [0.2, 0.25) is 0 Å². The van der Waals surface area contributed by atoms with Gasteiger partial charge in [-0.3, -0.25) is 9.59 Å². The number of ether oxygens (including phenoxy) is 1. The second-order valence-corrected chi connectivity index (χ2v) is 7.22. The van der Waals surface area contributed by atoms with Crippen LogP contribution in [0.25, 0.3) is 5.69 Å². The molecule has 1 atom stereocenters. The molecule has 2 aliphatic heterocycles. The number of aromatic nitrogens is 2. The maximum Gasteiger partial charge on any atom is 0.257 e. The van der Waals surface area contributed by atoms with E-state index in [4.69, 9.17) is 4.74 Å². The Balaban J connectivity index is 1.44. The zero-order valence-corrected chi connectivity index (χ0v) is 16.2.